The third-order valence-corrected chi connectivity index (χ3v) is 4.32. The molecule has 0 aliphatic rings. The van der Waals surface area contributed by atoms with Gasteiger partial charge in [0.25, 0.3) is 0 Å². The second-order valence-corrected chi connectivity index (χ2v) is 6.55. The van der Waals surface area contributed by atoms with Gasteiger partial charge in [-0.3, -0.25) is 0 Å². The van der Waals surface area contributed by atoms with Crippen LogP contribution in [0.4, 0.5) is 22.0 Å². The van der Waals surface area contributed by atoms with Gasteiger partial charge in [-0.25, -0.2) is 21.9 Å². The molecule has 0 amide bonds. The monoisotopic (exact) mass is 411 g/mol. The summed E-state index contributed by atoms with van der Waals surface area (Å²) in [6, 6.07) is 0.324. The summed E-state index contributed by atoms with van der Waals surface area (Å²) in [5.74, 6) is -2.26. The van der Waals surface area contributed by atoms with E-state index in [9.17, 15) is 30.4 Å². The zero-order chi connectivity index (χ0) is 17.1. The number of nitrogens with one attached hydrogen (secondary N) is 1. The molecule has 1 aromatic rings. The third kappa shape index (κ3) is 4.78. The Morgan fingerprint density at radius 1 is 1.27 bits per heavy atom. The van der Waals surface area contributed by atoms with Gasteiger partial charge in [0, 0.05) is 17.0 Å². The summed E-state index contributed by atoms with van der Waals surface area (Å²) in [6.45, 7) is 0.537. The molecule has 0 unspecified atom stereocenters. The fourth-order valence-electron chi connectivity index (χ4n) is 1.36. The van der Waals surface area contributed by atoms with Gasteiger partial charge in [0.05, 0.1) is 6.04 Å². The molecule has 0 fully saturated rings. The highest BCUT2D eigenvalue weighted by Gasteiger charge is 2.46. The van der Waals surface area contributed by atoms with E-state index >= 15 is 0 Å². The molecule has 0 aliphatic heterocycles. The van der Waals surface area contributed by atoms with Crippen LogP contribution in [0.1, 0.15) is 12.5 Å². The zero-order valence-corrected chi connectivity index (χ0v) is 13.4. The van der Waals surface area contributed by atoms with Crippen LogP contribution < -0.4 is 9.46 Å². The summed E-state index contributed by atoms with van der Waals surface area (Å²) in [5.41, 5.74) is -5.37. The molecular formula is C11H11BrF5NO3S. The van der Waals surface area contributed by atoms with Gasteiger partial charge < -0.3 is 4.74 Å². The van der Waals surface area contributed by atoms with Crippen LogP contribution in [0.15, 0.2) is 12.1 Å². The van der Waals surface area contributed by atoms with Crippen molar-refractivity contribution < 1.29 is 35.1 Å². The SMILES string of the molecule is C[C@@H](COc1cc(CBr)c(F)cc1F)NS(=O)(=O)C(F)(F)F. The number of ether oxygens (including phenoxy) is 1. The summed E-state index contributed by atoms with van der Waals surface area (Å²) in [5, 5.41) is 0.0751. The topological polar surface area (TPSA) is 55.4 Å². The Bertz CT molecular complexity index is 635. The van der Waals surface area contributed by atoms with Gasteiger partial charge in [0.1, 0.15) is 12.4 Å². The zero-order valence-electron chi connectivity index (χ0n) is 11.0. The maximum Gasteiger partial charge on any atom is 0.511 e. The van der Waals surface area contributed by atoms with Gasteiger partial charge in [-0.05, 0) is 13.0 Å². The van der Waals surface area contributed by atoms with Crippen molar-refractivity contribution >= 4 is 26.0 Å². The van der Waals surface area contributed by atoms with E-state index in [1.54, 1.807) is 0 Å². The summed E-state index contributed by atoms with van der Waals surface area (Å²) in [4.78, 5) is 0. The van der Waals surface area contributed by atoms with Crippen LogP contribution in [0.25, 0.3) is 0 Å². The van der Waals surface area contributed by atoms with Gasteiger partial charge in [-0.2, -0.15) is 13.2 Å². The van der Waals surface area contributed by atoms with Crippen LogP contribution in [0.3, 0.4) is 0 Å². The van der Waals surface area contributed by atoms with Crippen molar-refractivity contribution in [2.24, 2.45) is 0 Å². The number of hydrogen-bond acceptors (Lipinski definition) is 3. The molecule has 0 saturated heterocycles. The summed E-state index contributed by atoms with van der Waals surface area (Å²) in [7, 11) is -5.52. The number of sulfonamides is 1. The Hall–Kier alpha value is -0.940. The first-order valence-corrected chi connectivity index (χ1v) is 8.33. The standard InChI is InChI=1S/C11H11BrF5NO3S/c1-6(18-22(19,20)11(15,16)17)5-21-10-2-7(4-12)8(13)3-9(10)14/h2-3,6,18H,4-5H2,1H3/t6-/m0/s1. The van der Waals surface area contributed by atoms with E-state index in [0.717, 1.165) is 13.0 Å². The van der Waals surface area contributed by atoms with Crippen molar-refractivity contribution in [2.75, 3.05) is 6.61 Å². The van der Waals surface area contributed by atoms with Crippen molar-refractivity contribution in [3.05, 3.63) is 29.3 Å². The van der Waals surface area contributed by atoms with Gasteiger partial charge in [-0.1, -0.05) is 15.9 Å². The fourth-order valence-corrected chi connectivity index (χ4v) is 2.53. The minimum atomic E-state index is -5.52. The lowest BCUT2D eigenvalue weighted by Crippen LogP contribution is -2.43. The van der Waals surface area contributed by atoms with Crippen LogP contribution in [-0.2, 0) is 15.4 Å². The lowest BCUT2D eigenvalue weighted by Gasteiger charge is -2.17. The number of halogens is 6. The van der Waals surface area contributed by atoms with Gasteiger partial charge >= 0.3 is 15.5 Å². The minimum Gasteiger partial charge on any atom is -0.489 e. The van der Waals surface area contributed by atoms with E-state index in [0.29, 0.717) is 6.07 Å². The lowest BCUT2D eigenvalue weighted by atomic mass is 10.2. The predicted molar refractivity (Wildman–Crippen MR) is 72.1 cm³/mol. The van der Waals surface area contributed by atoms with E-state index in [1.807, 2.05) is 0 Å². The van der Waals surface area contributed by atoms with Crippen molar-refractivity contribution in [3.8, 4) is 5.75 Å². The predicted octanol–water partition coefficient (Wildman–Crippen LogP) is 3.07. The highest BCUT2D eigenvalue weighted by atomic mass is 79.9. The normalized spacial score (nSPS) is 14.0. The van der Waals surface area contributed by atoms with Crippen LogP contribution in [0.5, 0.6) is 5.75 Å². The van der Waals surface area contributed by atoms with Gasteiger partial charge in [0.15, 0.2) is 11.6 Å². The molecule has 0 aliphatic carbocycles. The number of benzene rings is 1. The maximum absolute atomic E-state index is 13.4. The molecule has 1 N–H and O–H groups in total. The lowest BCUT2D eigenvalue weighted by molar-refractivity contribution is -0.0451. The Labute approximate surface area is 131 Å². The largest absolute Gasteiger partial charge is 0.511 e. The number of rotatable bonds is 6. The van der Waals surface area contributed by atoms with Crippen molar-refractivity contribution in [3.63, 3.8) is 0 Å². The minimum absolute atomic E-state index is 0.0751. The Morgan fingerprint density at radius 2 is 1.86 bits per heavy atom. The second kappa shape index (κ2) is 7.09. The molecule has 1 atom stereocenters. The van der Waals surface area contributed by atoms with Crippen molar-refractivity contribution in [2.45, 2.75) is 23.8 Å². The quantitative estimate of drug-likeness (QED) is 0.578. The van der Waals surface area contributed by atoms with Gasteiger partial charge in [0.2, 0.25) is 0 Å². The van der Waals surface area contributed by atoms with E-state index in [-0.39, 0.29) is 10.9 Å². The molecule has 0 spiro atoms. The third-order valence-electron chi connectivity index (χ3n) is 2.39. The molecule has 0 aromatic heterocycles. The average Bonchev–Trinajstić information content (AvgIpc) is 2.35. The average molecular weight is 412 g/mol. The molecule has 11 heteroatoms. The molecule has 0 bridgehead atoms. The number of alkyl halides is 4. The van der Waals surface area contributed by atoms with Crippen LogP contribution in [-0.4, -0.2) is 26.6 Å². The van der Waals surface area contributed by atoms with E-state index in [2.05, 4.69) is 15.9 Å². The molecule has 0 saturated carbocycles. The molecule has 22 heavy (non-hydrogen) atoms. The van der Waals surface area contributed by atoms with Gasteiger partial charge in [-0.15, -0.1) is 0 Å². The fraction of sp³-hybridized carbons (Fsp3) is 0.455. The van der Waals surface area contributed by atoms with E-state index < -0.39 is 45.6 Å². The van der Waals surface area contributed by atoms with Crippen molar-refractivity contribution in [1.29, 1.82) is 0 Å². The smallest absolute Gasteiger partial charge is 0.489 e. The van der Waals surface area contributed by atoms with E-state index in [4.69, 9.17) is 4.74 Å². The highest BCUT2D eigenvalue weighted by molar-refractivity contribution is 9.08. The molecule has 4 nitrogen and oxygen atoms in total. The Kier molecular flexibility index (Phi) is 6.16. The van der Waals surface area contributed by atoms with Crippen LogP contribution in [0.2, 0.25) is 0 Å². The van der Waals surface area contributed by atoms with Crippen molar-refractivity contribution in [1.82, 2.24) is 4.72 Å². The highest BCUT2D eigenvalue weighted by Crippen LogP contribution is 2.24. The molecule has 0 heterocycles. The molecule has 1 aromatic carbocycles. The van der Waals surface area contributed by atoms with E-state index in [1.165, 1.54) is 4.72 Å². The Balaban J connectivity index is 2.75. The first-order valence-electron chi connectivity index (χ1n) is 5.73. The summed E-state index contributed by atoms with van der Waals surface area (Å²) < 4.78 is 91.2. The molecule has 0 radical (unpaired) electrons. The molecular weight excluding hydrogens is 401 g/mol. The first kappa shape index (κ1) is 19.1. The second-order valence-electron chi connectivity index (χ2n) is 4.29. The summed E-state index contributed by atoms with van der Waals surface area (Å²) in [6.07, 6.45) is 0. The maximum atomic E-state index is 13.4. The molecule has 1 rings (SSSR count). The van der Waals surface area contributed by atoms with Crippen LogP contribution in [0, 0.1) is 11.6 Å². The number of hydrogen-bond donors (Lipinski definition) is 1. The van der Waals surface area contributed by atoms with Crippen LogP contribution >= 0.6 is 15.9 Å². The first-order chi connectivity index (χ1) is 9.98. The Morgan fingerprint density at radius 3 is 2.36 bits per heavy atom. The summed E-state index contributed by atoms with van der Waals surface area (Å²) >= 11 is 2.97. The molecule has 126 valence electrons.